The second-order valence-corrected chi connectivity index (χ2v) is 5.86. The summed E-state index contributed by atoms with van der Waals surface area (Å²) in [4.78, 5) is 41.0. The Morgan fingerprint density at radius 1 is 0.962 bits per heavy atom. The molecule has 0 spiro atoms. The Kier molecular flexibility index (Phi) is 11.8. The number of carboxylic acids is 2. The van der Waals surface area contributed by atoms with Crippen molar-refractivity contribution in [3.8, 4) is 0 Å². The summed E-state index contributed by atoms with van der Waals surface area (Å²) in [5.41, 5.74) is 5.40. The number of primary amides is 1. The number of nitrogens with two attached hydrogens (primary N) is 1. The second-order valence-electron chi connectivity index (χ2n) is 5.86. The van der Waals surface area contributed by atoms with Gasteiger partial charge < -0.3 is 20.7 Å². The van der Waals surface area contributed by atoms with Crippen LogP contribution in [-0.4, -0.2) is 39.6 Å². The summed E-state index contributed by atoms with van der Waals surface area (Å²) >= 11 is 0. The van der Waals surface area contributed by atoms with E-state index in [1.54, 1.807) is 45.0 Å². The van der Waals surface area contributed by atoms with Crippen LogP contribution >= 0.6 is 0 Å². The van der Waals surface area contributed by atoms with Gasteiger partial charge in [0.2, 0.25) is 5.91 Å². The molecule has 0 aliphatic heterocycles. The van der Waals surface area contributed by atoms with Gasteiger partial charge in [0.25, 0.3) is 11.9 Å². The lowest BCUT2D eigenvalue weighted by atomic mass is 10.1. The Morgan fingerprint density at radius 3 is 1.65 bits per heavy atom. The minimum absolute atomic E-state index is 0.143. The molecule has 0 bridgehead atoms. The molecule has 0 aliphatic rings. The number of carboxylic acid groups (broad SMARTS) is 2. The molecule has 4 N–H and O–H groups in total. The van der Waals surface area contributed by atoms with Crippen LogP contribution in [0.2, 0.25) is 0 Å². The zero-order chi connectivity index (χ0) is 20.9. The van der Waals surface area contributed by atoms with Crippen molar-refractivity contribution in [3.63, 3.8) is 0 Å². The molecular weight excluding hydrogens is 342 g/mol. The number of hydrogen-bond donors (Lipinski definition) is 3. The topological polar surface area (TPSA) is 144 Å². The lowest BCUT2D eigenvalue weighted by Crippen LogP contribution is -2.23. The first-order chi connectivity index (χ1) is 11.8. The predicted molar refractivity (Wildman–Crippen MR) is 96.1 cm³/mol. The number of benzene rings is 1. The van der Waals surface area contributed by atoms with Gasteiger partial charge in [0.15, 0.2) is 0 Å². The summed E-state index contributed by atoms with van der Waals surface area (Å²) < 4.78 is 5.12. The Bertz CT molecular complexity index is 623. The van der Waals surface area contributed by atoms with E-state index in [4.69, 9.17) is 30.3 Å². The highest BCUT2D eigenvalue weighted by atomic mass is 16.6. The quantitative estimate of drug-likeness (QED) is 0.548. The van der Waals surface area contributed by atoms with Crippen molar-refractivity contribution in [2.24, 2.45) is 5.73 Å². The summed E-state index contributed by atoms with van der Waals surface area (Å²) in [6.07, 6.45) is 1.13. The monoisotopic (exact) mass is 367 g/mol. The second kappa shape index (κ2) is 12.2. The molecule has 1 aromatic rings. The van der Waals surface area contributed by atoms with Crippen LogP contribution in [0.1, 0.15) is 40.2 Å². The van der Waals surface area contributed by atoms with Crippen molar-refractivity contribution in [3.05, 3.63) is 42.0 Å². The maximum absolute atomic E-state index is 11.6. The summed E-state index contributed by atoms with van der Waals surface area (Å²) in [5.74, 6) is -2.91. The molecular formula is C18H25NO7. The fourth-order valence-electron chi connectivity index (χ4n) is 1.36. The summed E-state index contributed by atoms with van der Waals surface area (Å²) in [5, 5.41) is 14.8. The van der Waals surface area contributed by atoms with Crippen molar-refractivity contribution in [1.29, 1.82) is 0 Å². The van der Waals surface area contributed by atoms with E-state index < -0.39 is 29.4 Å². The standard InChI is InChI=1S/C14H17NO3.2C2H4O2/c1-14(2,3)18-12(16)9-11(13(15)17)10-7-5-4-6-8-10;2*1-2(3)4/h4-9H,1-3H3,(H2,15,17);2*1H3,(H,3,4). The molecule has 0 heterocycles. The van der Waals surface area contributed by atoms with Gasteiger partial charge in [-0.15, -0.1) is 0 Å². The SMILES string of the molecule is CC(=O)O.CC(=O)O.CC(C)(C)OC(=O)C=C(C(N)=O)c1ccccc1. The normalized spacial score (nSPS) is 10.3. The van der Waals surface area contributed by atoms with Gasteiger partial charge >= 0.3 is 5.97 Å². The molecule has 8 heteroatoms. The van der Waals surface area contributed by atoms with Crippen molar-refractivity contribution in [2.75, 3.05) is 0 Å². The molecule has 0 saturated carbocycles. The minimum atomic E-state index is -0.833. The van der Waals surface area contributed by atoms with Gasteiger partial charge in [0.05, 0.1) is 5.57 Å². The fourth-order valence-corrected chi connectivity index (χ4v) is 1.36. The number of rotatable bonds is 3. The number of esters is 1. The Labute approximate surface area is 152 Å². The van der Waals surface area contributed by atoms with Gasteiger partial charge in [-0.1, -0.05) is 30.3 Å². The lowest BCUT2D eigenvalue weighted by Gasteiger charge is -2.18. The van der Waals surface area contributed by atoms with Crippen LogP contribution in [0.25, 0.3) is 5.57 Å². The van der Waals surface area contributed by atoms with Crippen LogP contribution in [0.5, 0.6) is 0 Å². The molecule has 0 radical (unpaired) electrons. The zero-order valence-electron chi connectivity index (χ0n) is 15.5. The molecule has 1 rings (SSSR count). The highest BCUT2D eigenvalue weighted by molar-refractivity contribution is 6.22. The average Bonchev–Trinajstić information content (AvgIpc) is 2.42. The molecule has 144 valence electrons. The predicted octanol–water partition coefficient (Wildman–Crippen LogP) is 2.08. The van der Waals surface area contributed by atoms with Crippen LogP contribution in [0.4, 0.5) is 0 Å². The molecule has 0 aliphatic carbocycles. The van der Waals surface area contributed by atoms with E-state index in [-0.39, 0.29) is 5.57 Å². The molecule has 1 amide bonds. The number of carbonyl (C=O) groups excluding carboxylic acids is 2. The number of carbonyl (C=O) groups is 4. The maximum atomic E-state index is 11.6. The van der Waals surface area contributed by atoms with Gasteiger partial charge in [0, 0.05) is 19.9 Å². The molecule has 0 atom stereocenters. The van der Waals surface area contributed by atoms with E-state index in [1.165, 1.54) is 0 Å². The molecule has 0 saturated heterocycles. The molecule has 0 unspecified atom stereocenters. The number of hydrogen-bond acceptors (Lipinski definition) is 5. The first kappa shape index (κ1) is 25.1. The third-order valence-electron chi connectivity index (χ3n) is 2.02. The number of aliphatic carboxylic acids is 2. The van der Waals surface area contributed by atoms with E-state index in [2.05, 4.69) is 0 Å². The highest BCUT2D eigenvalue weighted by Crippen LogP contribution is 2.15. The molecule has 0 aromatic heterocycles. The van der Waals surface area contributed by atoms with E-state index >= 15 is 0 Å². The third-order valence-corrected chi connectivity index (χ3v) is 2.02. The third kappa shape index (κ3) is 17.2. The molecule has 1 aromatic carbocycles. The zero-order valence-corrected chi connectivity index (χ0v) is 15.5. The van der Waals surface area contributed by atoms with Gasteiger partial charge in [0.1, 0.15) is 5.60 Å². The van der Waals surface area contributed by atoms with E-state index in [0.717, 1.165) is 19.9 Å². The van der Waals surface area contributed by atoms with E-state index in [0.29, 0.717) is 5.56 Å². The lowest BCUT2D eigenvalue weighted by molar-refractivity contribution is -0.148. The Balaban J connectivity index is 0. The summed E-state index contributed by atoms with van der Waals surface area (Å²) in [7, 11) is 0. The van der Waals surface area contributed by atoms with Crippen molar-refractivity contribution in [1.82, 2.24) is 0 Å². The molecule has 0 fully saturated rings. The van der Waals surface area contributed by atoms with E-state index in [1.807, 2.05) is 6.07 Å². The van der Waals surface area contributed by atoms with Gasteiger partial charge in [-0.3, -0.25) is 14.4 Å². The number of ether oxygens (including phenoxy) is 1. The molecule has 8 nitrogen and oxygen atoms in total. The van der Waals surface area contributed by atoms with Crippen molar-refractivity contribution < 1.29 is 34.1 Å². The van der Waals surface area contributed by atoms with Gasteiger partial charge in [-0.2, -0.15) is 0 Å². The van der Waals surface area contributed by atoms with Gasteiger partial charge in [-0.05, 0) is 26.3 Å². The Hall–Kier alpha value is -3.16. The number of amides is 1. The Morgan fingerprint density at radius 2 is 1.35 bits per heavy atom. The average molecular weight is 367 g/mol. The van der Waals surface area contributed by atoms with Crippen LogP contribution in [0.3, 0.4) is 0 Å². The fraction of sp³-hybridized carbons (Fsp3) is 0.333. The van der Waals surface area contributed by atoms with Crippen molar-refractivity contribution in [2.45, 2.75) is 40.2 Å². The summed E-state index contributed by atoms with van der Waals surface area (Å²) in [6.45, 7) is 7.43. The van der Waals surface area contributed by atoms with E-state index in [9.17, 15) is 9.59 Å². The minimum Gasteiger partial charge on any atom is -0.481 e. The molecule has 26 heavy (non-hydrogen) atoms. The smallest absolute Gasteiger partial charge is 0.332 e. The summed E-state index contributed by atoms with van der Waals surface area (Å²) in [6, 6.07) is 8.76. The highest BCUT2D eigenvalue weighted by Gasteiger charge is 2.17. The maximum Gasteiger partial charge on any atom is 0.332 e. The van der Waals surface area contributed by atoms with Crippen LogP contribution < -0.4 is 5.73 Å². The van der Waals surface area contributed by atoms with Crippen LogP contribution in [0.15, 0.2) is 36.4 Å². The van der Waals surface area contributed by atoms with Crippen LogP contribution in [-0.2, 0) is 23.9 Å². The first-order valence-electron chi connectivity index (χ1n) is 7.45. The van der Waals surface area contributed by atoms with Crippen LogP contribution in [0, 0.1) is 0 Å². The first-order valence-corrected chi connectivity index (χ1v) is 7.45. The largest absolute Gasteiger partial charge is 0.481 e. The van der Waals surface area contributed by atoms with Gasteiger partial charge in [-0.25, -0.2) is 4.79 Å². The van der Waals surface area contributed by atoms with Crippen molar-refractivity contribution >= 4 is 29.4 Å².